The molecule has 2 aliphatic rings. The van der Waals surface area contributed by atoms with Crippen LogP contribution in [0.2, 0.25) is 0 Å². The number of methoxy groups -OCH3 is 1. The van der Waals surface area contributed by atoms with E-state index in [1.165, 1.54) is 17.5 Å². The molecule has 4 heterocycles. The van der Waals surface area contributed by atoms with E-state index in [-0.39, 0.29) is 18.2 Å². The first-order valence-electron chi connectivity index (χ1n) is 10.1. The Balaban J connectivity index is 1.58. The summed E-state index contributed by atoms with van der Waals surface area (Å²) in [4.78, 5) is 10.9. The second kappa shape index (κ2) is 7.27. The molecule has 0 aliphatic carbocycles. The van der Waals surface area contributed by atoms with Crippen molar-refractivity contribution in [2.45, 2.75) is 38.4 Å². The molecule has 0 spiro atoms. The van der Waals surface area contributed by atoms with Crippen molar-refractivity contribution in [3.63, 3.8) is 0 Å². The zero-order valence-electron chi connectivity index (χ0n) is 16.7. The summed E-state index contributed by atoms with van der Waals surface area (Å²) in [5, 5.41) is 15.3. The number of fused-ring (bicyclic) bond motifs is 1. The van der Waals surface area contributed by atoms with E-state index in [1.807, 2.05) is 21.8 Å². The number of hydrogen-bond acceptors (Lipinski definition) is 7. The van der Waals surface area contributed by atoms with Gasteiger partial charge < -0.3 is 19.5 Å². The number of β-amino-alcohol motifs (C(OH)–C–C–N with tert-alkyl or cyclic N) is 1. The van der Waals surface area contributed by atoms with Crippen LogP contribution < -0.4 is 9.64 Å². The Morgan fingerprint density at radius 3 is 2.69 bits per heavy atom. The Morgan fingerprint density at radius 1 is 1.14 bits per heavy atom. The van der Waals surface area contributed by atoms with Crippen molar-refractivity contribution in [1.82, 2.24) is 19.7 Å². The van der Waals surface area contributed by atoms with Crippen molar-refractivity contribution < 1.29 is 14.6 Å². The average molecular weight is 395 g/mol. The fraction of sp³-hybridized carbons (Fsp3) is 0.476. The molecule has 3 aromatic rings. The summed E-state index contributed by atoms with van der Waals surface area (Å²) in [6.07, 6.45) is 5.04. The summed E-state index contributed by atoms with van der Waals surface area (Å²) in [5.74, 6) is 1.37. The van der Waals surface area contributed by atoms with E-state index in [9.17, 15) is 5.11 Å². The smallest absolute Gasteiger partial charge is 0.320 e. The number of anilines is 1. The predicted octanol–water partition coefficient (Wildman–Crippen LogP) is 2.56. The molecule has 8 heteroatoms. The molecule has 1 N–H and O–H groups in total. The van der Waals surface area contributed by atoms with Crippen LogP contribution in [0.5, 0.6) is 6.01 Å². The van der Waals surface area contributed by atoms with Gasteiger partial charge in [-0.3, -0.25) is 0 Å². The van der Waals surface area contributed by atoms with E-state index < -0.39 is 0 Å². The highest BCUT2D eigenvalue weighted by Crippen LogP contribution is 2.33. The highest BCUT2D eigenvalue weighted by molar-refractivity contribution is 5.82. The fourth-order valence-electron chi connectivity index (χ4n) is 4.12. The molecule has 2 saturated heterocycles. The van der Waals surface area contributed by atoms with Crippen LogP contribution in [0.3, 0.4) is 0 Å². The minimum atomic E-state index is -0.314. The van der Waals surface area contributed by atoms with Gasteiger partial charge in [0.05, 0.1) is 31.0 Å². The molecule has 2 aromatic heterocycles. The van der Waals surface area contributed by atoms with Gasteiger partial charge in [0.15, 0.2) is 5.82 Å². The number of nitrogens with zero attached hydrogens (tertiary/aromatic N) is 5. The Kier molecular flexibility index (Phi) is 4.60. The lowest BCUT2D eigenvalue weighted by molar-refractivity contribution is 0.0146. The molecule has 1 aromatic carbocycles. The topological polar surface area (TPSA) is 85.5 Å². The van der Waals surface area contributed by atoms with Crippen molar-refractivity contribution in [1.29, 1.82) is 0 Å². The first-order chi connectivity index (χ1) is 14.1. The monoisotopic (exact) mass is 395 g/mol. The molecule has 5 rings (SSSR count). The maximum absolute atomic E-state index is 9.64. The molecule has 2 fully saturated rings. The van der Waals surface area contributed by atoms with Gasteiger partial charge in [-0.2, -0.15) is 15.1 Å². The van der Waals surface area contributed by atoms with Gasteiger partial charge in [0.25, 0.3) is 0 Å². The number of aryl methyl sites for hydroxylation is 1. The van der Waals surface area contributed by atoms with Crippen LogP contribution in [0.1, 0.15) is 36.5 Å². The molecule has 0 saturated carbocycles. The fourth-order valence-corrected chi connectivity index (χ4v) is 4.12. The number of aliphatic hydroxyl groups excluding tert-OH is 1. The van der Waals surface area contributed by atoms with Gasteiger partial charge in [0.1, 0.15) is 5.82 Å². The maximum atomic E-state index is 9.64. The van der Waals surface area contributed by atoms with Crippen molar-refractivity contribution in [3.05, 3.63) is 35.5 Å². The Bertz CT molecular complexity index is 1040. The van der Waals surface area contributed by atoms with E-state index in [0.29, 0.717) is 18.9 Å². The van der Waals surface area contributed by atoms with E-state index in [1.54, 1.807) is 7.11 Å². The molecule has 0 bridgehead atoms. The Labute approximate surface area is 169 Å². The van der Waals surface area contributed by atoms with Crippen LogP contribution in [0, 0.1) is 6.92 Å². The molecule has 2 aliphatic heterocycles. The summed E-state index contributed by atoms with van der Waals surface area (Å²) in [6, 6.07) is 6.51. The Morgan fingerprint density at radius 2 is 1.97 bits per heavy atom. The summed E-state index contributed by atoms with van der Waals surface area (Å²) in [7, 11) is 1.55. The second-order valence-electron chi connectivity index (χ2n) is 7.81. The number of aromatic nitrogens is 4. The van der Waals surface area contributed by atoms with E-state index in [0.717, 1.165) is 36.2 Å². The summed E-state index contributed by atoms with van der Waals surface area (Å²) in [6.45, 7) is 4.06. The van der Waals surface area contributed by atoms with Gasteiger partial charge in [0.2, 0.25) is 0 Å². The maximum Gasteiger partial charge on any atom is 0.320 e. The summed E-state index contributed by atoms with van der Waals surface area (Å²) >= 11 is 0. The number of rotatable bonds is 4. The zero-order chi connectivity index (χ0) is 20.0. The van der Waals surface area contributed by atoms with Gasteiger partial charge in [-0.15, -0.1) is 0 Å². The molecule has 1 unspecified atom stereocenters. The predicted molar refractivity (Wildman–Crippen MR) is 109 cm³/mol. The number of ether oxygens (including phenoxy) is 2. The molecule has 0 amide bonds. The van der Waals surface area contributed by atoms with Crippen molar-refractivity contribution in [2.75, 3.05) is 31.7 Å². The molecule has 29 heavy (non-hydrogen) atoms. The summed E-state index contributed by atoms with van der Waals surface area (Å²) < 4.78 is 13.2. The van der Waals surface area contributed by atoms with E-state index in [4.69, 9.17) is 9.47 Å². The largest absolute Gasteiger partial charge is 0.467 e. The molecule has 152 valence electrons. The zero-order valence-corrected chi connectivity index (χ0v) is 16.7. The normalized spacial score (nSPS) is 20.1. The van der Waals surface area contributed by atoms with Gasteiger partial charge in [-0.1, -0.05) is 0 Å². The van der Waals surface area contributed by atoms with Crippen molar-refractivity contribution in [3.8, 4) is 11.8 Å². The van der Waals surface area contributed by atoms with Crippen LogP contribution in [0.15, 0.2) is 24.4 Å². The Hall–Kier alpha value is -2.71. The lowest BCUT2D eigenvalue weighted by Crippen LogP contribution is -2.51. The first kappa shape index (κ1) is 18.3. The molecule has 1 atom stereocenters. The second-order valence-corrected chi connectivity index (χ2v) is 7.81. The first-order valence-corrected chi connectivity index (χ1v) is 10.1. The van der Waals surface area contributed by atoms with Crippen LogP contribution in [-0.4, -0.2) is 57.8 Å². The van der Waals surface area contributed by atoms with Gasteiger partial charge in [-0.05, 0) is 49.4 Å². The van der Waals surface area contributed by atoms with E-state index >= 15 is 0 Å². The standard InChI is InChI=1S/C21H25N5O3/c1-13-7-14-10-22-26(17(14)8-16(13)18-5-3-4-6-29-18)20-9-19(23-21(24-20)28-2)25-11-15(27)12-25/h7-10,15,18,27H,3-6,11-12H2,1-2H3. The third-order valence-corrected chi connectivity index (χ3v) is 5.75. The average Bonchev–Trinajstić information content (AvgIpc) is 3.13. The van der Waals surface area contributed by atoms with Crippen LogP contribution >= 0.6 is 0 Å². The van der Waals surface area contributed by atoms with Gasteiger partial charge in [0, 0.05) is 31.1 Å². The minimum absolute atomic E-state index is 0.134. The van der Waals surface area contributed by atoms with E-state index in [2.05, 4.69) is 34.1 Å². The molecular formula is C21H25N5O3. The third-order valence-electron chi connectivity index (χ3n) is 5.75. The molecular weight excluding hydrogens is 370 g/mol. The van der Waals surface area contributed by atoms with Crippen LogP contribution in [-0.2, 0) is 4.74 Å². The number of hydrogen-bond donors (Lipinski definition) is 1. The number of benzene rings is 1. The minimum Gasteiger partial charge on any atom is -0.467 e. The molecule has 8 nitrogen and oxygen atoms in total. The lowest BCUT2D eigenvalue weighted by Gasteiger charge is -2.36. The van der Waals surface area contributed by atoms with Gasteiger partial charge in [-0.25, -0.2) is 4.68 Å². The van der Waals surface area contributed by atoms with Crippen molar-refractivity contribution in [2.24, 2.45) is 0 Å². The van der Waals surface area contributed by atoms with Crippen LogP contribution in [0.25, 0.3) is 16.7 Å². The van der Waals surface area contributed by atoms with Gasteiger partial charge >= 0.3 is 6.01 Å². The SMILES string of the molecule is COc1nc(N2CC(O)C2)cc(-n2ncc3cc(C)c(C4CCCCO4)cc32)n1. The highest BCUT2D eigenvalue weighted by atomic mass is 16.5. The quantitative estimate of drug-likeness (QED) is 0.727. The summed E-state index contributed by atoms with van der Waals surface area (Å²) in [5.41, 5.74) is 3.42. The highest BCUT2D eigenvalue weighted by Gasteiger charge is 2.27. The van der Waals surface area contributed by atoms with Crippen molar-refractivity contribution >= 4 is 16.7 Å². The number of aliphatic hydroxyl groups is 1. The lowest BCUT2D eigenvalue weighted by atomic mass is 9.96. The third kappa shape index (κ3) is 3.32. The van der Waals surface area contributed by atoms with Crippen LogP contribution in [0.4, 0.5) is 5.82 Å². The molecule has 0 radical (unpaired) electrons.